The first-order chi connectivity index (χ1) is 11.2. The van der Waals surface area contributed by atoms with Crippen LogP contribution in [0.3, 0.4) is 0 Å². The number of ether oxygens (including phenoxy) is 1. The second-order valence-electron chi connectivity index (χ2n) is 6.01. The molecule has 0 amide bonds. The van der Waals surface area contributed by atoms with E-state index in [0.717, 1.165) is 40.8 Å². The number of benzene rings is 2. The van der Waals surface area contributed by atoms with Crippen LogP contribution in [-0.2, 0) is 19.4 Å². The molecule has 1 aliphatic carbocycles. The molecule has 0 saturated carbocycles. The Hall–Kier alpha value is -1.59. The molecule has 0 radical (unpaired) electrons. The summed E-state index contributed by atoms with van der Waals surface area (Å²) >= 11 is 0. The van der Waals surface area contributed by atoms with Gasteiger partial charge in [0.1, 0.15) is 12.4 Å². The lowest BCUT2D eigenvalue weighted by molar-refractivity contribution is 0.133. The van der Waals surface area contributed by atoms with Crippen molar-refractivity contribution in [1.82, 2.24) is 0 Å². The average molecular weight is 350 g/mol. The van der Waals surface area contributed by atoms with Crippen LogP contribution in [0.4, 0.5) is 0 Å². The third kappa shape index (κ3) is 3.90. The Morgan fingerprint density at radius 1 is 1.12 bits per heavy atom. The van der Waals surface area contributed by atoms with Crippen molar-refractivity contribution in [2.24, 2.45) is 5.73 Å². The molecule has 4 nitrogen and oxygen atoms in total. The molecule has 2 aromatic rings. The van der Waals surface area contributed by atoms with Gasteiger partial charge in [0.15, 0.2) is 0 Å². The number of hydrogen-bond donors (Lipinski definition) is 3. The number of halogens is 1. The third-order valence-corrected chi connectivity index (χ3v) is 4.48. The quantitative estimate of drug-likeness (QED) is 0.775. The number of rotatable bonds is 5. The summed E-state index contributed by atoms with van der Waals surface area (Å²) in [6.45, 7) is 0.542. The van der Waals surface area contributed by atoms with Crippen molar-refractivity contribution in [1.29, 1.82) is 0 Å². The van der Waals surface area contributed by atoms with Crippen molar-refractivity contribution in [2.75, 3.05) is 6.61 Å². The molecule has 0 bridgehead atoms. The van der Waals surface area contributed by atoms with Gasteiger partial charge in [-0.25, -0.2) is 0 Å². The predicted octanol–water partition coefficient (Wildman–Crippen LogP) is 2.53. The molecule has 24 heavy (non-hydrogen) atoms. The van der Waals surface area contributed by atoms with Crippen LogP contribution >= 0.6 is 12.4 Å². The van der Waals surface area contributed by atoms with Gasteiger partial charge in [-0.2, -0.15) is 0 Å². The van der Waals surface area contributed by atoms with Crippen molar-refractivity contribution in [3.05, 3.63) is 64.7 Å². The Kier molecular flexibility index (Phi) is 6.63. The lowest BCUT2D eigenvalue weighted by Gasteiger charge is -2.30. The molecule has 2 atom stereocenters. The van der Waals surface area contributed by atoms with E-state index in [0.29, 0.717) is 13.0 Å². The average Bonchev–Trinajstić information content (AvgIpc) is 2.58. The molecule has 2 unspecified atom stereocenters. The SMILES string of the molecule is Cl.NC1CCc2c(ccc(OCc3ccccc3)c2CCO)C1O. The molecule has 0 aromatic heterocycles. The molecule has 4 N–H and O–H groups in total. The Morgan fingerprint density at radius 2 is 1.88 bits per heavy atom. The summed E-state index contributed by atoms with van der Waals surface area (Å²) in [5, 5.41) is 19.7. The summed E-state index contributed by atoms with van der Waals surface area (Å²) in [6.07, 6.45) is 1.44. The number of nitrogens with two attached hydrogens (primary N) is 1. The van der Waals surface area contributed by atoms with Gasteiger partial charge >= 0.3 is 0 Å². The van der Waals surface area contributed by atoms with E-state index in [1.54, 1.807) is 0 Å². The lowest BCUT2D eigenvalue weighted by atomic mass is 9.82. The molecule has 0 spiro atoms. The fraction of sp³-hybridized carbons (Fsp3) is 0.368. The van der Waals surface area contributed by atoms with Gasteiger partial charge in [0.05, 0.1) is 6.10 Å². The molecular weight excluding hydrogens is 326 g/mol. The fourth-order valence-corrected chi connectivity index (χ4v) is 3.22. The van der Waals surface area contributed by atoms with Gasteiger partial charge in [0, 0.05) is 12.6 Å². The molecule has 2 aromatic carbocycles. The van der Waals surface area contributed by atoms with E-state index in [4.69, 9.17) is 10.5 Å². The molecule has 130 valence electrons. The summed E-state index contributed by atoms with van der Waals surface area (Å²) in [7, 11) is 0. The van der Waals surface area contributed by atoms with Crippen LogP contribution in [0.25, 0.3) is 0 Å². The fourth-order valence-electron chi connectivity index (χ4n) is 3.22. The maximum Gasteiger partial charge on any atom is 0.123 e. The van der Waals surface area contributed by atoms with E-state index in [9.17, 15) is 10.2 Å². The van der Waals surface area contributed by atoms with Crippen LogP contribution in [0.2, 0.25) is 0 Å². The predicted molar refractivity (Wildman–Crippen MR) is 96.5 cm³/mol. The molecule has 0 saturated heterocycles. The smallest absolute Gasteiger partial charge is 0.123 e. The van der Waals surface area contributed by atoms with Gasteiger partial charge < -0.3 is 20.7 Å². The van der Waals surface area contributed by atoms with Crippen molar-refractivity contribution in [3.63, 3.8) is 0 Å². The van der Waals surface area contributed by atoms with Crippen molar-refractivity contribution in [2.45, 2.75) is 38.0 Å². The first-order valence-electron chi connectivity index (χ1n) is 8.06. The Balaban J connectivity index is 0.00000208. The van der Waals surface area contributed by atoms with E-state index < -0.39 is 6.10 Å². The zero-order chi connectivity index (χ0) is 16.2. The molecular formula is C19H24ClNO3. The summed E-state index contributed by atoms with van der Waals surface area (Å²) in [4.78, 5) is 0. The maximum atomic E-state index is 10.3. The lowest BCUT2D eigenvalue weighted by Crippen LogP contribution is -2.33. The van der Waals surface area contributed by atoms with Crippen LogP contribution in [0.15, 0.2) is 42.5 Å². The number of aliphatic hydroxyl groups is 2. The van der Waals surface area contributed by atoms with E-state index in [-0.39, 0.29) is 25.1 Å². The molecule has 1 aliphatic rings. The van der Waals surface area contributed by atoms with Gasteiger partial charge in [0.25, 0.3) is 0 Å². The highest BCUT2D eigenvalue weighted by molar-refractivity contribution is 5.85. The normalized spacial score (nSPS) is 19.3. The highest BCUT2D eigenvalue weighted by Crippen LogP contribution is 2.36. The molecule has 0 fully saturated rings. The van der Waals surface area contributed by atoms with Gasteiger partial charge in [0.2, 0.25) is 0 Å². The molecule has 0 aliphatic heterocycles. The molecule has 0 heterocycles. The van der Waals surface area contributed by atoms with Gasteiger partial charge in [-0.15, -0.1) is 12.4 Å². The molecule has 5 heteroatoms. The van der Waals surface area contributed by atoms with Crippen LogP contribution in [-0.4, -0.2) is 22.9 Å². The Bertz CT molecular complexity index is 663. The maximum absolute atomic E-state index is 10.3. The van der Waals surface area contributed by atoms with Gasteiger partial charge in [-0.05, 0) is 47.6 Å². The minimum atomic E-state index is -0.639. The highest BCUT2D eigenvalue weighted by atomic mass is 35.5. The zero-order valence-electron chi connectivity index (χ0n) is 13.5. The second-order valence-corrected chi connectivity index (χ2v) is 6.01. The van der Waals surface area contributed by atoms with Gasteiger partial charge in [-0.3, -0.25) is 0 Å². The second kappa shape index (κ2) is 8.49. The zero-order valence-corrected chi connectivity index (χ0v) is 14.3. The van der Waals surface area contributed by atoms with Crippen molar-refractivity contribution >= 4 is 12.4 Å². The highest BCUT2D eigenvalue weighted by Gasteiger charge is 2.28. The van der Waals surface area contributed by atoms with Crippen LogP contribution < -0.4 is 10.5 Å². The number of hydrogen-bond acceptors (Lipinski definition) is 4. The Labute approximate surface area is 148 Å². The topological polar surface area (TPSA) is 75.7 Å². The van der Waals surface area contributed by atoms with Crippen LogP contribution in [0.1, 0.15) is 34.8 Å². The van der Waals surface area contributed by atoms with E-state index in [1.165, 1.54) is 0 Å². The first kappa shape index (κ1) is 18.7. The standard InChI is InChI=1S/C19H23NO3.ClH/c20-17-8-6-14-15(10-11-21)18(9-7-16(14)19(17)22)23-12-13-4-2-1-3-5-13;/h1-5,7,9,17,19,21-22H,6,8,10-12,20H2;1H. The van der Waals surface area contributed by atoms with Crippen LogP contribution in [0, 0.1) is 0 Å². The minimum absolute atomic E-state index is 0. The summed E-state index contributed by atoms with van der Waals surface area (Å²) in [5.74, 6) is 0.782. The van der Waals surface area contributed by atoms with Gasteiger partial charge in [-0.1, -0.05) is 36.4 Å². The van der Waals surface area contributed by atoms with Crippen LogP contribution in [0.5, 0.6) is 5.75 Å². The van der Waals surface area contributed by atoms with E-state index in [2.05, 4.69) is 0 Å². The Morgan fingerprint density at radius 3 is 2.58 bits per heavy atom. The first-order valence-corrected chi connectivity index (χ1v) is 8.06. The summed E-state index contributed by atoms with van der Waals surface area (Å²) in [5.41, 5.74) is 10.0. The molecule has 3 rings (SSSR count). The minimum Gasteiger partial charge on any atom is -0.489 e. The van der Waals surface area contributed by atoms with E-state index in [1.807, 2.05) is 42.5 Å². The third-order valence-electron chi connectivity index (χ3n) is 4.48. The number of aliphatic hydroxyl groups excluding tert-OH is 2. The number of fused-ring (bicyclic) bond motifs is 1. The van der Waals surface area contributed by atoms with Crippen molar-refractivity contribution < 1.29 is 14.9 Å². The largest absolute Gasteiger partial charge is 0.489 e. The summed E-state index contributed by atoms with van der Waals surface area (Å²) in [6, 6.07) is 13.6. The monoisotopic (exact) mass is 349 g/mol. The van der Waals surface area contributed by atoms with E-state index >= 15 is 0 Å². The summed E-state index contributed by atoms with van der Waals surface area (Å²) < 4.78 is 5.98. The van der Waals surface area contributed by atoms with Crippen molar-refractivity contribution in [3.8, 4) is 5.75 Å².